The number of hydrogen-bond acceptors (Lipinski definition) is 3. The number of hydrogen-bond donors (Lipinski definition) is 2. The van der Waals surface area contributed by atoms with E-state index in [1.165, 1.54) is 17.9 Å². The SMILES string of the molecule is CN=C(NCc1cn(C)nc1C(F)(F)F)NC1CCC(SC)C1.I. The summed E-state index contributed by atoms with van der Waals surface area (Å²) in [7, 11) is 3.09. The van der Waals surface area contributed by atoms with E-state index in [2.05, 4.69) is 27.0 Å². The molecule has 2 rings (SSSR count). The summed E-state index contributed by atoms with van der Waals surface area (Å²) in [5.41, 5.74) is -0.748. The molecular formula is C14H23F3IN5S. The van der Waals surface area contributed by atoms with Gasteiger partial charge in [0.1, 0.15) is 0 Å². The van der Waals surface area contributed by atoms with Crippen molar-refractivity contribution in [3.63, 3.8) is 0 Å². The molecule has 138 valence electrons. The van der Waals surface area contributed by atoms with Gasteiger partial charge >= 0.3 is 6.18 Å². The Balaban J connectivity index is 0.00000288. The predicted octanol–water partition coefficient (Wildman–Crippen LogP) is 3.01. The molecule has 0 spiro atoms. The van der Waals surface area contributed by atoms with Crippen molar-refractivity contribution >= 4 is 41.7 Å². The van der Waals surface area contributed by atoms with Gasteiger partial charge in [0.15, 0.2) is 11.7 Å². The summed E-state index contributed by atoms with van der Waals surface area (Å²) in [5.74, 6) is 0.522. The molecule has 5 nitrogen and oxygen atoms in total. The van der Waals surface area contributed by atoms with Crippen LogP contribution in [0.5, 0.6) is 0 Å². The molecule has 1 aromatic heterocycles. The summed E-state index contributed by atoms with van der Waals surface area (Å²) < 4.78 is 40.0. The van der Waals surface area contributed by atoms with Gasteiger partial charge in [0.2, 0.25) is 0 Å². The first-order valence-electron chi connectivity index (χ1n) is 7.43. The molecule has 1 heterocycles. The summed E-state index contributed by atoms with van der Waals surface area (Å²) in [5, 5.41) is 10.4. The Hall–Kier alpha value is -0.650. The van der Waals surface area contributed by atoms with E-state index in [0.717, 1.165) is 19.3 Å². The highest BCUT2D eigenvalue weighted by atomic mass is 127. The van der Waals surface area contributed by atoms with Gasteiger partial charge in [0.25, 0.3) is 0 Å². The van der Waals surface area contributed by atoms with Crippen LogP contribution in [0, 0.1) is 0 Å². The number of guanidine groups is 1. The lowest BCUT2D eigenvalue weighted by atomic mass is 10.2. The smallest absolute Gasteiger partial charge is 0.354 e. The lowest BCUT2D eigenvalue weighted by Crippen LogP contribution is -2.42. The Bertz CT molecular complexity index is 561. The van der Waals surface area contributed by atoms with Crippen LogP contribution in [0.1, 0.15) is 30.5 Å². The molecule has 1 saturated carbocycles. The first-order chi connectivity index (χ1) is 10.8. The average Bonchev–Trinajstić information content (AvgIpc) is 3.09. The second kappa shape index (κ2) is 9.16. The van der Waals surface area contributed by atoms with Crippen LogP contribution in [-0.4, -0.2) is 40.3 Å². The first-order valence-corrected chi connectivity index (χ1v) is 8.72. The van der Waals surface area contributed by atoms with Crippen molar-refractivity contribution in [1.82, 2.24) is 20.4 Å². The van der Waals surface area contributed by atoms with E-state index in [9.17, 15) is 13.2 Å². The van der Waals surface area contributed by atoms with Gasteiger partial charge in [-0.05, 0) is 25.5 Å². The minimum absolute atomic E-state index is 0. The van der Waals surface area contributed by atoms with Crippen molar-refractivity contribution in [2.24, 2.45) is 12.0 Å². The van der Waals surface area contributed by atoms with Crippen LogP contribution in [-0.2, 0) is 19.8 Å². The van der Waals surface area contributed by atoms with Crippen molar-refractivity contribution in [2.45, 2.75) is 43.3 Å². The van der Waals surface area contributed by atoms with E-state index in [1.54, 1.807) is 7.05 Å². The van der Waals surface area contributed by atoms with Gasteiger partial charge in [-0.1, -0.05) is 0 Å². The van der Waals surface area contributed by atoms with E-state index < -0.39 is 11.9 Å². The fourth-order valence-corrected chi connectivity index (χ4v) is 3.55. The monoisotopic (exact) mass is 477 g/mol. The minimum Gasteiger partial charge on any atom is -0.354 e. The third kappa shape index (κ3) is 5.71. The summed E-state index contributed by atoms with van der Waals surface area (Å²) in [4.78, 5) is 4.10. The zero-order valence-corrected chi connectivity index (χ0v) is 17.0. The number of thioether (sulfide) groups is 1. The van der Waals surface area contributed by atoms with Crippen LogP contribution < -0.4 is 10.6 Å². The largest absolute Gasteiger partial charge is 0.435 e. The summed E-state index contributed by atoms with van der Waals surface area (Å²) >= 11 is 1.85. The predicted molar refractivity (Wildman–Crippen MR) is 102 cm³/mol. The van der Waals surface area contributed by atoms with Gasteiger partial charge in [-0.2, -0.15) is 30.0 Å². The van der Waals surface area contributed by atoms with Crippen LogP contribution in [0.3, 0.4) is 0 Å². The Morgan fingerprint density at radius 1 is 1.46 bits per heavy atom. The maximum absolute atomic E-state index is 12.9. The molecule has 2 atom stereocenters. The van der Waals surface area contributed by atoms with Gasteiger partial charge in [-0.3, -0.25) is 9.67 Å². The number of aryl methyl sites for hydroxylation is 1. The highest BCUT2D eigenvalue weighted by Gasteiger charge is 2.36. The maximum Gasteiger partial charge on any atom is 0.435 e. The van der Waals surface area contributed by atoms with Crippen LogP contribution in [0.15, 0.2) is 11.2 Å². The van der Waals surface area contributed by atoms with Crippen LogP contribution in [0.2, 0.25) is 0 Å². The Kier molecular flexibility index (Phi) is 8.16. The highest BCUT2D eigenvalue weighted by molar-refractivity contribution is 14.0. The molecule has 2 N–H and O–H groups in total. The van der Waals surface area contributed by atoms with Crippen LogP contribution in [0.4, 0.5) is 13.2 Å². The molecule has 1 aliphatic rings. The molecule has 1 aromatic rings. The van der Waals surface area contributed by atoms with E-state index in [1.807, 2.05) is 11.8 Å². The molecule has 24 heavy (non-hydrogen) atoms. The van der Waals surface area contributed by atoms with Gasteiger partial charge in [0, 0.05) is 43.7 Å². The quantitative estimate of drug-likeness (QED) is 0.398. The lowest BCUT2D eigenvalue weighted by Gasteiger charge is -2.17. The van der Waals surface area contributed by atoms with Crippen molar-refractivity contribution in [2.75, 3.05) is 13.3 Å². The molecule has 0 aromatic carbocycles. The van der Waals surface area contributed by atoms with Gasteiger partial charge in [0.05, 0.1) is 0 Å². The second-order valence-corrected chi connectivity index (χ2v) is 6.75. The standard InChI is InChI=1S/C14H22F3N5S.HI/c1-18-13(20-10-4-5-11(6-10)23-3)19-7-9-8-22(2)21-12(9)14(15,16)17;/h8,10-11H,4-7H2,1-3H3,(H2,18,19,20);1H. The number of halogens is 4. The van der Waals surface area contributed by atoms with E-state index in [0.29, 0.717) is 17.3 Å². The molecule has 10 heteroatoms. The van der Waals surface area contributed by atoms with Crippen molar-refractivity contribution in [3.05, 3.63) is 17.5 Å². The summed E-state index contributed by atoms with van der Waals surface area (Å²) in [6.45, 7) is 0.0288. The number of rotatable bonds is 4. The number of alkyl halides is 3. The zero-order chi connectivity index (χ0) is 17.0. The van der Waals surface area contributed by atoms with Crippen molar-refractivity contribution < 1.29 is 13.2 Å². The Morgan fingerprint density at radius 3 is 2.71 bits per heavy atom. The number of aromatic nitrogens is 2. The van der Waals surface area contributed by atoms with Crippen molar-refractivity contribution in [1.29, 1.82) is 0 Å². The molecule has 2 unspecified atom stereocenters. The topological polar surface area (TPSA) is 54.2 Å². The third-order valence-corrected chi connectivity index (χ3v) is 5.00. The molecule has 0 aliphatic heterocycles. The van der Waals surface area contributed by atoms with Crippen LogP contribution in [0.25, 0.3) is 0 Å². The summed E-state index contributed by atoms with van der Waals surface area (Å²) in [6.07, 6.45) is 2.27. The zero-order valence-electron chi connectivity index (χ0n) is 13.9. The van der Waals surface area contributed by atoms with Crippen molar-refractivity contribution in [3.8, 4) is 0 Å². The Morgan fingerprint density at radius 2 is 2.17 bits per heavy atom. The molecule has 1 fully saturated rings. The molecule has 0 radical (unpaired) electrons. The van der Waals surface area contributed by atoms with E-state index in [-0.39, 0.29) is 36.1 Å². The number of aliphatic imine (C=N–C) groups is 1. The van der Waals surface area contributed by atoms with E-state index >= 15 is 0 Å². The minimum atomic E-state index is -4.45. The fourth-order valence-electron chi connectivity index (χ4n) is 2.76. The lowest BCUT2D eigenvalue weighted by molar-refractivity contribution is -0.142. The highest BCUT2D eigenvalue weighted by Crippen LogP contribution is 2.30. The number of nitrogens with zero attached hydrogens (tertiary/aromatic N) is 3. The third-order valence-electron chi connectivity index (χ3n) is 3.90. The summed E-state index contributed by atoms with van der Waals surface area (Å²) in [6, 6.07) is 0.314. The maximum atomic E-state index is 12.9. The molecule has 0 bridgehead atoms. The second-order valence-electron chi connectivity index (χ2n) is 5.61. The normalized spacial score (nSPS) is 21.5. The molecular weight excluding hydrogens is 454 g/mol. The first kappa shape index (κ1) is 21.4. The van der Waals surface area contributed by atoms with E-state index in [4.69, 9.17) is 0 Å². The molecule has 1 aliphatic carbocycles. The Labute approximate surface area is 161 Å². The van der Waals surface area contributed by atoms with Crippen LogP contribution >= 0.6 is 35.7 Å². The molecule has 0 amide bonds. The number of nitrogens with one attached hydrogen (secondary N) is 2. The average molecular weight is 477 g/mol. The fraction of sp³-hybridized carbons (Fsp3) is 0.714. The van der Waals surface area contributed by atoms with Gasteiger partial charge < -0.3 is 10.6 Å². The molecule has 0 saturated heterocycles. The van der Waals surface area contributed by atoms with Gasteiger partial charge in [-0.25, -0.2) is 0 Å². The van der Waals surface area contributed by atoms with Gasteiger partial charge in [-0.15, -0.1) is 24.0 Å².